The number of hydrogen-bond acceptors (Lipinski definition) is 10. The molecule has 0 fully saturated rings. The number of aliphatic hydroxyl groups excluding tert-OH is 4. The van der Waals surface area contributed by atoms with E-state index >= 15 is 0 Å². The normalized spacial score (nSPS) is 16.5. The minimum Gasteiger partial charge on any atom is -0.439 e. The quantitative estimate of drug-likeness (QED) is 0.146. The van der Waals surface area contributed by atoms with E-state index in [2.05, 4.69) is 0 Å². The zero-order chi connectivity index (χ0) is 25.1. The van der Waals surface area contributed by atoms with Gasteiger partial charge in [-0.3, -0.25) is 19.2 Å². The lowest BCUT2D eigenvalue weighted by atomic mass is 9.66. The summed E-state index contributed by atoms with van der Waals surface area (Å²) in [4.78, 5) is 52.3. The maximum Gasteiger partial charge on any atom is 0.307 e. The summed E-state index contributed by atoms with van der Waals surface area (Å²) < 4.78 is 5.30. The van der Waals surface area contributed by atoms with Gasteiger partial charge in [-0.1, -0.05) is 27.7 Å². The number of aliphatic hydroxyl groups is 5. The Kier molecular flexibility index (Phi) is 13.0. The molecular weight excluding hydrogens is 424 g/mol. The van der Waals surface area contributed by atoms with E-state index in [0.717, 1.165) is 0 Å². The van der Waals surface area contributed by atoms with E-state index in [9.17, 15) is 39.6 Å². The molecule has 0 aliphatic carbocycles. The Hall–Kier alpha value is -1.72. The molecule has 0 spiro atoms. The lowest BCUT2D eigenvalue weighted by Crippen LogP contribution is -2.76. The molecule has 0 aromatic carbocycles. The Labute approximate surface area is 188 Å². The summed E-state index contributed by atoms with van der Waals surface area (Å²) in [7, 11) is 0. The Morgan fingerprint density at radius 2 is 1.16 bits per heavy atom. The average Bonchev–Trinajstić information content (AvgIpc) is 2.75. The van der Waals surface area contributed by atoms with Gasteiger partial charge in [-0.15, -0.1) is 0 Å². The fourth-order valence-electron chi connectivity index (χ4n) is 3.56. The van der Waals surface area contributed by atoms with Crippen LogP contribution in [0.25, 0.3) is 0 Å². The van der Waals surface area contributed by atoms with Crippen LogP contribution < -0.4 is 0 Å². The van der Waals surface area contributed by atoms with Crippen LogP contribution >= 0.6 is 0 Å². The van der Waals surface area contributed by atoms with Crippen LogP contribution in [0.2, 0.25) is 0 Å². The number of ketones is 3. The third-order valence-electron chi connectivity index (χ3n) is 5.23. The molecule has 0 rings (SSSR count). The van der Waals surface area contributed by atoms with Crippen molar-refractivity contribution in [3.63, 3.8) is 0 Å². The second-order valence-electron chi connectivity index (χ2n) is 7.88. The van der Waals surface area contributed by atoms with Crippen LogP contribution in [-0.4, -0.2) is 85.0 Å². The number of esters is 1. The molecule has 0 amide bonds. The molecule has 4 atom stereocenters. The summed E-state index contributed by atoms with van der Waals surface area (Å²) in [6.07, 6.45) is -7.65. The van der Waals surface area contributed by atoms with E-state index in [1.54, 1.807) is 27.7 Å². The lowest BCUT2D eigenvalue weighted by molar-refractivity contribution is -0.233. The Morgan fingerprint density at radius 3 is 1.53 bits per heavy atom. The molecule has 32 heavy (non-hydrogen) atoms. The third-order valence-corrected chi connectivity index (χ3v) is 5.23. The fraction of sp³-hybridized carbons (Fsp3) is 0.818. The first-order valence-corrected chi connectivity index (χ1v) is 11.1. The van der Waals surface area contributed by atoms with Gasteiger partial charge >= 0.3 is 5.97 Å². The van der Waals surface area contributed by atoms with Crippen molar-refractivity contribution in [3.8, 4) is 0 Å². The second kappa shape index (κ2) is 13.7. The summed E-state index contributed by atoms with van der Waals surface area (Å²) >= 11 is 0. The van der Waals surface area contributed by atoms with Gasteiger partial charge in [-0.05, 0) is 25.7 Å². The molecule has 0 saturated heterocycles. The van der Waals surface area contributed by atoms with Crippen molar-refractivity contribution >= 4 is 23.3 Å². The van der Waals surface area contributed by atoms with Gasteiger partial charge in [0.1, 0.15) is 18.3 Å². The maximum atomic E-state index is 13.3. The topological polar surface area (TPSA) is 179 Å². The molecule has 0 saturated carbocycles. The molecule has 10 heteroatoms. The molecule has 5 N–H and O–H groups in total. The first-order valence-electron chi connectivity index (χ1n) is 11.1. The van der Waals surface area contributed by atoms with Crippen molar-refractivity contribution in [3.05, 3.63) is 0 Å². The van der Waals surface area contributed by atoms with Crippen LogP contribution in [0, 0.1) is 0 Å². The largest absolute Gasteiger partial charge is 0.439 e. The summed E-state index contributed by atoms with van der Waals surface area (Å²) in [5.74, 6) is -4.46. The van der Waals surface area contributed by atoms with Crippen LogP contribution in [0.1, 0.15) is 79.1 Å². The van der Waals surface area contributed by atoms with E-state index in [-0.39, 0.29) is 44.9 Å². The van der Waals surface area contributed by atoms with Crippen LogP contribution in [0.5, 0.6) is 0 Å². The van der Waals surface area contributed by atoms with E-state index in [1.165, 1.54) is 0 Å². The molecular formula is C22H38O10. The SMILES string of the molecule is CCCC(=O)OC(C(=O)CCC)(C(=O)CCC)[C@@](O)(C(=O)CCC)[C@@H](O)[C@H](O)[C@H](O)CO. The van der Waals surface area contributed by atoms with Crippen molar-refractivity contribution < 1.29 is 49.4 Å². The highest BCUT2D eigenvalue weighted by molar-refractivity contribution is 6.17. The third kappa shape index (κ3) is 6.20. The van der Waals surface area contributed by atoms with Crippen molar-refractivity contribution in [2.24, 2.45) is 0 Å². The highest BCUT2D eigenvalue weighted by atomic mass is 16.6. The van der Waals surface area contributed by atoms with Crippen LogP contribution in [-0.2, 0) is 23.9 Å². The van der Waals surface area contributed by atoms with E-state index < -0.39 is 65.9 Å². The summed E-state index contributed by atoms with van der Waals surface area (Å²) in [5.41, 5.74) is -6.51. The smallest absolute Gasteiger partial charge is 0.307 e. The summed E-state index contributed by atoms with van der Waals surface area (Å²) in [5, 5.41) is 51.8. The van der Waals surface area contributed by atoms with Crippen molar-refractivity contribution in [2.75, 3.05) is 6.61 Å². The van der Waals surface area contributed by atoms with Gasteiger partial charge in [-0.2, -0.15) is 0 Å². The fourth-order valence-corrected chi connectivity index (χ4v) is 3.56. The number of carbonyl (C=O) groups is 4. The highest BCUT2D eigenvalue weighted by Crippen LogP contribution is 2.39. The van der Waals surface area contributed by atoms with Crippen molar-refractivity contribution in [1.29, 1.82) is 0 Å². The Morgan fingerprint density at radius 1 is 0.750 bits per heavy atom. The predicted molar refractivity (Wildman–Crippen MR) is 114 cm³/mol. The van der Waals surface area contributed by atoms with E-state index in [0.29, 0.717) is 0 Å². The van der Waals surface area contributed by atoms with Gasteiger partial charge in [0, 0.05) is 25.7 Å². The second-order valence-corrected chi connectivity index (χ2v) is 7.88. The predicted octanol–water partition coefficient (Wildman–Crippen LogP) is -0.0178. The number of carbonyl (C=O) groups excluding carboxylic acids is 4. The number of hydrogen-bond donors (Lipinski definition) is 5. The number of Topliss-reactive ketones (excluding diaryl/α,β-unsaturated/α-hetero) is 3. The molecule has 0 aliphatic rings. The average molecular weight is 463 g/mol. The number of rotatable bonds is 17. The monoisotopic (exact) mass is 462 g/mol. The summed E-state index contributed by atoms with van der Waals surface area (Å²) in [6, 6.07) is 0. The molecule has 0 aliphatic heterocycles. The molecule has 0 aromatic heterocycles. The first-order chi connectivity index (χ1) is 15.0. The molecule has 0 heterocycles. The molecule has 0 radical (unpaired) electrons. The van der Waals surface area contributed by atoms with Crippen LogP contribution in [0.3, 0.4) is 0 Å². The van der Waals surface area contributed by atoms with Crippen molar-refractivity contribution in [2.45, 2.75) is 109 Å². The van der Waals surface area contributed by atoms with Gasteiger partial charge < -0.3 is 30.3 Å². The number of ether oxygens (including phenoxy) is 1. The van der Waals surface area contributed by atoms with Crippen LogP contribution in [0.4, 0.5) is 0 Å². The first kappa shape index (κ1) is 30.3. The van der Waals surface area contributed by atoms with Gasteiger partial charge in [0.15, 0.2) is 17.3 Å². The molecule has 186 valence electrons. The van der Waals surface area contributed by atoms with Gasteiger partial charge in [-0.25, -0.2) is 0 Å². The minimum atomic E-state index is -3.39. The molecule has 0 bridgehead atoms. The van der Waals surface area contributed by atoms with E-state index in [1.807, 2.05) is 0 Å². The Bertz CT molecular complexity index is 629. The maximum absolute atomic E-state index is 13.3. The molecule has 10 nitrogen and oxygen atoms in total. The molecule has 0 aromatic rings. The standard InChI is InChI=1S/C22H38O10/c1-5-9-15(25)21(31,20(30)19(29)14(24)13-23)22(16(26)10-6-2,17(27)11-7-3)32-18(28)12-8-4/h14,19-20,23-24,29-31H,5-13H2,1-4H3/t14-,19-,20+,21-/m1/s1. The minimum absolute atomic E-state index is 0.134. The van der Waals surface area contributed by atoms with Crippen LogP contribution in [0.15, 0.2) is 0 Å². The van der Waals surface area contributed by atoms with Gasteiger partial charge in [0.2, 0.25) is 5.60 Å². The zero-order valence-electron chi connectivity index (χ0n) is 19.4. The highest BCUT2D eigenvalue weighted by Gasteiger charge is 2.70. The summed E-state index contributed by atoms with van der Waals surface area (Å²) in [6.45, 7) is 5.33. The lowest BCUT2D eigenvalue weighted by Gasteiger charge is -2.46. The van der Waals surface area contributed by atoms with Crippen molar-refractivity contribution in [1.82, 2.24) is 0 Å². The Balaban J connectivity index is 7.23. The van der Waals surface area contributed by atoms with E-state index in [4.69, 9.17) is 9.84 Å². The zero-order valence-corrected chi connectivity index (χ0v) is 19.4. The molecule has 0 unspecified atom stereocenters. The van der Waals surface area contributed by atoms with Gasteiger partial charge in [0.25, 0.3) is 5.60 Å². The van der Waals surface area contributed by atoms with Gasteiger partial charge in [0.05, 0.1) is 6.61 Å².